The van der Waals surface area contributed by atoms with Gasteiger partial charge in [-0.05, 0) is 229 Å². The molecule has 1 saturated carbocycles. The second-order valence-electron chi connectivity index (χ2n) is 34.9. The van der Waals surface area contributed by atoms with Crippen LogP contribution in [0.15, 0.2) is 367 Å². The number of hydrogen-bond acceptors (Lipinski definition) is 23. The Kier molecular flexibility index (Phi) is 41.8. The number of carbonyl (C=O) groups is 5. The monoisotopic (exact) mass is 2220 g/mol. The Hall–Kier alpha value is -13.2. The van der Waals surface area contributed by atoms with Gasteiger partial charge in [-0.15, -0.1) is 0 Å². The van der Waals surface area contributed by atoms with Crippen molar-refractivity contribution in [3.63, 3.8) is 0 Å². The summed E-state index contributed by atoms with van der Waals surface area (Å²) in [6, 6.07) is 109. The van der Waals surface area contributed by atoms with E-state index in [4.69, 9.17) is 9.47 Å². The molecular weight excluding hydrogens is 2110 g/mol. The van der Waals surface area contributed by atoms with E-state index >= 15 is 0 Å². The Balaban J connectivity index is 0.000000195. The summed E-state index contributed by atoms with van der Waals surface area (Å²) >= 11 is 0. The molecule has 0 atom stereocenters. The molecule has 3 aromatic heterocycles. The Morgan fingerprint density at radius 3 is 0.807 bits per heavy atom. The molecule has 0 spiro atoms. The smallest absolute Gasteiger partial charge is 0.367 e. The number of benzene rings is 12. The van der Waals surface area contributed by atoms with Gasteiger partial charge in [-0.25, -0.2) is 57.6 Å². The van der Waals surface area contributed by atoms with Gasteiger partial charge in [0.05, 0.1) is 10.9 Å². The van der Waals surface area contributed by atoms with Crippen LogP contribution in [0, 0.1) is 13.8 Å². The molecule has 0 bridgehead atoms. The fourth-order valence-corrected chi connectivity index (χ4v) is 24.9. The van der Waals surface area contributed by atoms with Gasteiger partial charge in [0, 0.05) is 98.2 Å². The molecule has 0 radical (unpaired) electrons. The maximum atomic E-state index is 12.6. The Labute approximate surface area is 876 Å². The van der Waals surface area contributed by atoms with Gasteiger partial charge in [0.15, 0.2) is 131 Å². The predicted octanol–water partition coefficient (Wildman–Crippen LogP) is 26.5. The van der Waals surface area contributed by atoms with Crippen LogP contribution in [-0.4, -0.2) is 141 Å². The number of ether oxygens (including phenoxy) is 6. The molecule has 0 N–H and O–H groups in total. The third-order valence-corrected chi connectivity index (χ3v) is 34.8. The molecule has 0 amide bonds. The van der Waals surface area contributed by atoms with E-state index in [1.807, 2.05) is 0 Å². The van der Waals surface area contributed by atoms with Crippen LogP contribution in [0.1, 0.15) is 104 Å². The zero-order chi connectivity index (χ0) is 111. The highest BCUT2D eigenvalue weighted by Gasteiger charge is 2.44. The Bertz CT molecular complexity index is 7290. The minimum atomic E-state index is -5.81. The summed E-state index contributed by atoms with van der Waals surface area (Å²) < 4.78 is 254. The molecule has 0 unspecified atom stereocenters. The van der Waals surface area contributed by atoms with Crippen molar-refractivity contribution in [3.8, 4) is 20.4 Å². The second-order valence-corrected chi connectivity index (χ2v) is 48.9. The summed E-state index contributed by atoms with van der Waals surface area (Å²) in [5.41, 5.74) is 2.72. The van der Waals surface area contributed by atoms with Gasteiger partial charge in [0.2, 0.25) is 0 Å². The largest absolute Gasteiger partial charge is 0.743 e. The first-order valence-electron chi connectivity index (χ1n) is 45.7. The van der Waals surface area contributed by atoms with Crippen molar-refractivity contribution in [2.24, 2.45) is 0 Å². The van der Waals surface area contributed by atoms with Crippen LogP contribution in [0.25, 0.3) is 75.2 Å². The van der Waals surface area contributed by atoms with E-state index in [2.05, 4.69) is 390 Å². The number of aryl methyl sites for hydroxylation is 2. The van der Waals surface area contributed by atoms with Crippen molar-refractivity contribution in [2.75, 3.05) is 33.0 Å². The van der Waals surface area contributed by atoms with Crippen LogP contribution in [0.5, 0.6) is 5.75 Å². The van der Waals surface area contributed by atoms with E-state index in [9.17, 15) is 111 Å². The topological polar surface area (TPSA) is 370 Å². The van der Waals surface area contributed by atoms with Crippen molar-refractivity contribution >= 4 is 173 Å². The van der Waals surface area contributed by atoms with Gasteiger partial charge in [-0.1, -0.05) is 212 Å². The molecule has 15 aromatic rings. The number of esters is 5. The van der Waals surface area contributed by atoms with Crippen molar-refractivity contribution in [3.05, 3.63) is 369 Å². The van der Waals surface area contributed by atoms with Crippen LogP contribution in [0.4, 0.5) is 35.1 Å². The number of rotatable bonds is 27. The van der Waals surface area contributed by atoms with Crippen molar-refractivity contribution in [1.82, 2.24) is 0 Å². The molecule has 3 heterocycles. The average molecular weight is 2220 g/mol. The van der Waals surface area contributed by atoms with Gasteiger partial charge < -0.3 is 46.6 Å². The number of fused-ring (bicyclic) bond motifs is 9. The third kappa shape index (κ3) is 32.0. The molecule has 150 heavy (non-hydrogen) atoms. The molecule has 23 nitrogen and oxygen atoms in total. The molecule has 0 saturated heterocycles. The zero-order valence-electron chi connectivity index (χ0n) is 82.9. The third-order valence-electron chi connectivity index (χ3n) is 22.2. The fraction of sp³-hybridized carbons (Fsp3) is 0.234. The Morgan fingerprint density at radius 1 is 0.347 bits per heavy atom. The van der Waals surface area contributed by atoms with E-state index in [1.54, 1.807) is 0 Å². The van der Waals surface area contributed by atoms with E-state index < -0.39 is 112 Å². The first-order chi connectivity index (χ1) is 70.3. The van der Waals surface area contributed by atoms with Crippen molar-refractivity contribution < 1.29 is 139 Å². The van der Waals surface area contributed by atoms with Gasteiger partial charge in [-0.3, -0.25) is 0 Å². The van der Waals surface area contributed by atoms with Crippen LogP contribution >= 0.6 is 31.4 Å². The zero-order valence-corrected chi connectivity index (χ0v) is 89.5. The molecule has 39 heteroatoms. The van der Waals surface area contributed by atoms with Gasteiger partial charge >= 0.3 is 50.9 Å². The molecule has 1 fully saturated rings. The summed E-state index contributed by atoms with van der Waals surface area (Å²) in [6.07, 6.45) is 5.07. The quantitative estimate of drug-likeness (QED) is 0.0115. The number of alkyl halides is 8. The standard InChI is InChI=1S/C29H31O3S.C22H21S.C18H13S.C18H15S.4C6H8F2O5S/c1-4-29(15-9-10-16-29)32-27(30)19-31-28-20(2)17-22(18-21(28)3)33-25-13-7-5-11-23(25)24-12-6-8-14-26(24)33;1-22(2,3)16-12-14-17(15-13-16)23-20-10-6-4-8-18(20)19-9-5-7-11-21(19)23;1-2-8-14(9-3-1)19-17-12-6-4-10-15(17)16-11-5-7-13-18(16)19;1-4-10-16(11-5-1)19(17-12-6-2-7-13-17)18-14-8-3-9-15-18;4*1-4(2)5(9)13-3-6(7,8)14(10,11)12/h5-8,11-14,17-18H,4,9-10,15-16,19H2,1-3H3;4-15H,1-3H3;1-13H;1-15H;4*1,3H2,2H3,(H,10,11,12)/q4*+1;;;;/p-4. The highest BCUT2D eigenvalue weighted by molar-refractivity contribution is 7.97. The number of hydrogen-bond donors (Lipinski definition) is 0. The lowest BCUT2D eigenvalue weighted by Crippen LogP contribution is -2.34. The second kappa shape index (κ2) is 52.0. The van der Waals surface area contributed by atoms with Gasteiger partial charge in [0.25, 0.3) is 0 Å². The summed E-state index contributed by atoms with van der Waals surface area (Å²) in [5, 5.41) is -10.2. The van der Waals surface area contributed by atoms with E-state index in [1.165, 1.54) is 123 Å². The van der Waals surface area contributed by atoms with Crippen LogP contribution in [-0.2, 0) is 104 Å². The average Bonchev–Trinajstić information content (AvgIpc) is 1.60. The lowest BCUT2D eigenvalue weighted by molar-refractivity contribution is -0.162. The van der Waals surface area contributed by atoms with Crippen LogP contribution in [0.2, 0.25) is 0 Å². The minimum Gasteiger partial charge on any atom is -0.743 e. The summed E-state index contributed by atoms with van der Waals surface area (Å²) in [5.74, 6) is -4.22. The minimum absolute atomic E-state index is 0.0146. The van der Waals surface area contributed by atoms with Crippen LogP contribution < -0.4 is 4.74 Å². The molecule has 1 aliphatic carbocycles. The number of thiophene rings is 3. The van der Waals surface area contributed by atoms with Gasteiger partial charge in [-0.2, -0.15) is 35.1 Å². The first-order valence-corrected chi connectivity index (χ1v) is 56.2. The van der Waals surface area contributed by atoms with Gasteiger partial charge in [0.1, 0.15) is 11.4 Å². The molecule has 12 aromatic carbocycles. The molecule has 794 valence electrons. The molecular formula is C111H108F8O23S8. The summed E-state index contributed by atoms with van der Waals surface area (Å²) in [6.45, 7) is 22.8. The van der Waals surface area contributed by atoms with E-state index in [0.717, 1.165) is 49.0 Å². The highest BCUT2D eigenvalue weighted by atomic mass is 32.2. The van der Waals surface area contributed by atoms with Crippen molar-refractivity contribution in [1.29, 1.82) is 0 Å². The fourth-order valence-electron chi connectivity index (χ4n) is 14.6. The normalized spacial score (nSPS) is 12.6. The first kappa shape index (κ1) is 120. The Morgan fingerprint density at radius 2 is 0.573 bits per heavy atom. The SMILES string of the molecule is C=C(C)C(=O)OCC(F)(F)S(=O)(=O)[O-].C=C(C)C(=O)OCC(F)(F)S(=O)(=O)[O-].C=C(C)C(=O)OCC(F)(F)S(=O)(=O)[O-].C=C(C)C(=O)OCC(F)(F)S(=O)(=O)[O-].CC(C)(C)c1ccc(-[s+]2c3ccccc3c3ccccc32)cc1.CCC1(OC(=O)COc2c(C)cc(-[s+]3c4ccccc4c4ccccc43)cc2C)CCCC1.c1ccc(-[s+]2c3ccccc3c3ccccc32)cc1.c1ccc([S+](c2ccccc2)c2ccccc2)cc1. The van der Waals surface area contributed by atoms with E-state index in [0.29, 0.717) is 0 Å². The highest BCUT2D eigenvalue weighted by Crippen LogP contribution is 2.52. The lowest BCUT2D eigenvalue weighted by atomic mass is 9.87. The summed E-state index contributed by atoms with van der Waals surface area (Å²) in [4.78, 5) is 63.0. The predicted molar refractivity (Wildman–Crippen MR) is 570 cm³/mol. The molecule has 16 rings (SSSR count). The maximum Gasteiger partial charge on any atom is 0.367 e. The lowest BCUT2D eigenvalue weighted by Gasteiger charge is -2.27. The molecule has 1 aliphatic rings. The van der Waals surface area contributed by atoms with Crippen molar-refractivity contribution in [2.45, 2.75) is 148 Å². The summed E-state index contributed by atoms with van der Waals surface area (Å²) in [7, 11) is -23.3. The number of halogens is 8. The van der Waals surface area contributed by atoms with E-state index in [-0.39, 0.29) is 88.2 Å². The maximum absolute atomic E-state index is 12.6. The molecule has 0 aliphatic heterocycles. The number of carbonyl (C=O) groups excluding carboxylic acids is 5. The van der Waals surface area contributed by atoms with Crippen LogP contribution in [0.3, 0.4) is 0 Å².